The molecule has 0 aliphatic carbocycles. The Hall–Kier alpha value is -4.07. The molecule has 172 valence electrons. The van der Waals surface area contributed by atoms with E-state index < -0.39 is 0 Å². The fourth-order valence-electron chi connectivity index (χ4n) is 3.03. The molecule has 2 aromatic carbocycles. The molecule has 33 heavy (non-hydrogen) atoms. The van der Waals surface area contributed by atoms with Crippen LogP contribution in [-0.4, -0.2) is 30.8 Å². The van der Waals surface area contributed by atoms with E-state index in [1.165, 1.54) is 0 Å². The average Bonchev–Trinajstić information content (AvgIpc) is 3.35. The largest absolute Gasteiger partial charge is 0.467 e. The third kappa shape index (κ3) is 7.53. The summed E-state index contributed by atoms with van der Waals surface area (Å²) >= 11 is 0. The van der Waals surface area contributed by atoms with Gasteiger partial charge in [0.15, 0.2) is 0 Å². The van der Waals surface area contributed by atoms with E-state index in [1.54, 1.807) is 66.9 Å². The molecule has 4 N–H and O–H groups in total. The molecule has 0 saturated heterocycles. The van der Waals surface area contributed by atoms with Gasteiger partial charge < -0.3 is 25.7 Å². The van der Waals surface area contributed by atoms with Crippen molar-refractivity contribution in [3.05, 3.63) is 83.8 Å². The van der Waals surface area contributed by atoms with E-state index in [-0.39, 0.29) is 24.3 Å². The summed E-state index contributed by atoms with van der Waals surface area (Å²) in [6.07, 6.45) is 3.48. The molecular formula is C25H28N4O4. The lowest BCUT2D eigenvalue weighted by molar-refractivity contribution is -0.114. The lowest BCUT2D eigenvalue weighted by Crippen LogP contribution is -2.25. The van der Waals surface area contributed by atoms with Crippen LogP contribution >= 0.6 is 0 Å². The Morgan fingerprint density at radius 3 is 2.36 bits per heavy atom. The van der Waals surface area contributed by atoms with Gasteiger partial charge in [-0.2, -0.15) is 0 Å². The Morgan fingerprint density at radius 1 is 0.848 bits per heavy atom. The first kappa shape index (κ1) is 23.6. The van der Waals surface area contributed by atoms with Crippen LogP contribution in [0, 0.1) is 0 Å². The second kappa shape index (κ2) is 12.1. The molecule has 8 heteroatoms. The summed E-state index contributed by atoms with van der Waals surface area (Å²) in [7, 11) is 0. The summed E-state index contributed by atoms with van der Waals surface area (Å²) in [5.41, 5.74) is 2.26. The summed E-state index contributed by atoms with van der Waals surface area (Å²) in [6, 6.07) is 17.2. The van der Waals surface area contributed by atoms with Crippen molar-refractivity contribution in [1.29, 1.82) is 0 Å². The highest BCUT2D eigenvalue weighted by molar-refractivity contribution is 5.98. The van der Waals surface area contributed by atoms with Crippen LogP contribution in [0.15, 0.2) is 71.3 Å². The molecule has 3 rings (SSSR count). The number of nitrogens with one attached hydrogen (secondary N) is 4. The van der Waals surface area contributed by atoms with Crippen LogP contribution in [0.4, 0.5) is 11.4 Å². The minimum atomic E-state index is -0.251. The Labute approximate surface area is 192 Å². The number of rotatable bonds is 11. The number of benzene rings is 2. The van der Waals surface area contributed by atoms with Crippen LogP contribution < -0.4 is 21.3 Å². The summed E-state index contributed by atoms with van der Waals surface area (Å²) in [6.45, 7) is 3.04. The molecule has 0 aliphatic heterocycles. The van der Waals surface area contributed by atoms with Crippen molar-refractivity contribution in [2.75, 3.05) is 23.7 Å². The van der Waals surface area contributed by atoms with Gasteiger partial charge in [0, 0.05) is 29.0 Å². The monoisotopic (exact) mass is 448 g/mol. The van der Waals surface area contributed by atoms with E-state index in [0.717, 1.165) is 12.8 Å². The fraction of sp³-hybridized carbons (Fsp3) is 0.240. The maximum atomic E-state index is 12.3. The number of unbranched alkanes of at least 4 members (excludes halogenated alkanes) is 1. The van der Waals surface area contributed by atoms with Gasteiger partial charge in [-0.25, -0.2) is 0 Å². The predicted molar refractivity (Wildman–Crippen MR) is 127 cm³/mol. The van der Waals surface area contributed by atoms with Gasteiger partial charge in [0.05, 0.1) is 19.4 Å². The van der Waals surface area contributed by atoms with Gasteiger partial charge in [-0.15, -0.1) is 0 Å². The normalized spacial score (nSPS) is 10.3. The zero-order valence-electron chi connectivity index (χ0n) is 18.5. The van der Waals surface area contributed by atoms with Crippen molar-refractivity contribution in [2.45, 2.75) is 26.3 Å². The van der Waals surface area contributed by atoms with Crippen molar-refractivity contribution in [3.63, 3.8) is 0 Å². The number of hydrogen-bond acceptors (Lipinski definition) is 5. The van der Waals surface area contributed by atoms with Gasteiger partial charge in [-0.1, -0.05) is 19.4 Å². The van der Waals surface area contributed by atoms with Crippen LogP contribution in [0.25, 0.3) is 0 Å². The van der Waals surface area contributed by atoms with Crippen LogP contribution in [0.3, 0.4) is 0 Å². The SMILES string of the molecule is CCCCNC(=O)c1cccc(NC(=O)CNc2ccc(C(=O)NCc3ccco3)cc2)c1. The molecular weight excluding hydrogens is 420 g/mol. The van der Waals surface area contributed by atoms with E-state index >= 15 is 0 Å². The highest BCUT2D eigenvalue weighted by atomic mass is 16.3. The molecule has 3 amide bonds. The second-order valence-corrected chi connectivity index (χ2v) is 7.43. The van der Waals surface area contributed by atoms with Gasteiger partial charge in [0.25, 0.3) is 11.8 Å². The minimum Gasteiger partial charge on any atom is -0.467 e. The molecule has 0 bridgehead atoms. The highest BCUT2D eigenvalue weighted by Crippen LogP contribution is 2.12. The van der Waals surface area contributed by atoms with Crippen LogP contribution in [0.5, 0.6) is 0 Å². The first-order valence-electron chi connectivity index (χ1n) is 10.9. The van der Waals surface area contributed by atoms with E-state index in [4.69, 9.17) is 4.42 Å². The first-order valence-corrected chi connectivity index (χ1v) is 10.9. The quantitative estimate of drug-likeness (QED) is 0.334. The molecule has 0 fully saturated rings. The number of furan rings is 1. The molecule has 1 aromatic heterocycles. The van der Waals surface area contributed by atoms with Gasteiger partial charge in [-0.3, -0.25) is 14.4 Å². The van der Waals surface area contributed by atoms with Crippen LogP contribution in [0.1, 0.15) is 46.2 Å². The standard InChI is InChI=1S/C25H28N4O4/c1-2-3-13-26-25(32)19-6-4-7-21(15-19)29-23(30)17-27-20-11-9-18(10-12-20)24(31)28-16-22-8-5-14-33-22/h4-12,14-15,27H,2-3,13,16-17H2,1H3,(H,26,32)(H,28,31)(H,29,30). The fourth-order valence-corrected chi connectivity index (χ4v) is 3.03. The summed E-state index contributed by atoms with van der Waals surface area (Å²) < 4.78 is 5.19. The highest BCUT2D eigenvalue weighted by Gasteiger charge is 2.09. The molecule has 3 aromatic rings. The van der Waals surface area contributed by atoms with E-state index in [0.29, 0.717) is 41.4 Å². The second-order valence-electron chi connectivity index (χ2n) is 7.43. The van der Waals surface area contributed by atoms with Crippen molar-refractivity contribution >= 4 is 29.1 Å². The van der Waals surface area contributed by atoms with Gasteiger partial charge in [-0.05, 0) is 61.0 Å². The molecule has 1 heterocycles. The van der Waals surface area contributed by atoms with Crippen LogP contribution in [0.2, 0.25) is 0 Å². The third-order valence-corrected chi connectivity index (χ3v) is 4.83. The maximum Gasteiger partial charge on any atom is 0.251 e. The molecule has 0 aliphatic rings. The van der Waals surface area contributed by atoms with E-state index in [2.05, 4.69) is 28.2 Å². The number of carbonyl (C=O) groups excluding carboxylic acids is 3. The number of carbonyl (C=O) groups is 3. The van der Waals surface area contributed by atoms with Gasteiger partial charge >= 0.3 is 0 Å². The number of hydrogen-bond donors (Lipinski definition) is 4. The van der Waals surface area contributed by atoms with Crippen molar-refractivity contribution in [2.24, 2.45) is 0 Å². The van der Waals surface area contributed by atoms with Crippen molar-refractivity contribution < 1.29 is 18.8 Å². The summed E-state index contributed by atoms with van der Waals surface area (Å²) in [5, 5.41) is 11.4. The molecule has 0 saturated carbocycles. The predicted octanol–water partition coefficient (Wildman–Crippen LogP) is 3.79. The third-order valence-electron chi connectivity index (χ3n) is 4.83. The molecule has 0 unspecified atom stereocenters. The Balaban J connectivity index is 1.45. The van der Waals surface area contributed by atoms with Crippen molar-refractivity contribution in [1.82, 2.24) is 10.6 Å². The Bertz CT molecular complexity index is 1060. The Kier molecular flexibility index (Phi) is 8.64. The maximum absolute atomic E-state index is 12.3. The van der Waals surface area contributed by atoms with Gasteiger partial charge in [0.2, 0.25) is 5.91 Å². The van der Waals surface area contributed by atoms with Crippen LogP contribution in [-0.2, 0) is 11.3 Å². The summed E-state index contributed by atoms with van der Waals surface area (Å²) in [5.74, 6) is 0.0504. The zero-order chi connectivity index (χ0) is 23.5. The molecule has 0 radical (unpaired) electrons. The van der Waals surface area contributed by atoms with E-state index in [9.17, 15) is 14.4 Å². The lowest BCUT2D eigenvalue weighted by atomic mass is 10.2. The van der Waals surface area contributed by atoms with Gasteiger partial charge in [0.1, 0.15) is 5.76 Å². The molecule has 8 nitrogen and oxygen atoms in total. The minimum absolute atomic E-state index is 0.0387. The van der Waals surface area contributed by atoms with E-state index in [1.807, 2.05) is 0 Å². The zero-order valence-corrected chi connectivity index (χ0v) is 18.5. The first-order chi connectivity index (χ1) is 16.0. The average molecular weight is 449 g/mol. The number of anilines is 2. The van der Waals surface area contributed by atoms with Crippen molar-refractivity contribution in [3.8, 4) is 0 Å². The number of amides is 3. The Morgan fingerprint density at radius 2 is 1.64 bits per heavy atom. The lowest BCUT2D eigenvalue weighted by Gasteiger charge is -2.10. The molecule has 0 spiro atoms. The topological polar surface area (TPSA) is 112 Å². The summed E-state index contributed by atoms with van der Waals surface area (Å²) in [4.78, 5) is 36.7. The molecule has 0 atom stereocenters. The smallest absolute Gasteiger partial charge is 0.251 e.